The Bertz CT molecular complexity index is 3120. The Hall–Kier alpha value is -8.17. The number of rotatable bonds is 12. The van der Waals surface area contributed by atoms with Crippen LogP contribution in [-0.2, 0) is 11.2 Å². The Kier molecular flexibility index (Phi) is 10.6. The van der Waals surface area contributed by atoms with Gasteiger partial charge in [0.1, 0.15) is 22.9 Å². The number of hydrogen-bond acceptors (Lipinski definition) is 13. The number of aromatic nitrogens is 8. The number of para-hydroxylation sites is 3. The van der Waals surface area contributed by atoms with Crippen LogP contribution >= 0.6 is 11.3 Å². The van der Waals surface area contributed by atoms with E-state index in [2.05, 4.69) is 35.2 Å². The van der Waals surface area contributed by atoms with E-state index in [4.69, 9.17) is 19.4 Å². The van der Waals surface area contributed by atoms with Crippen LogP contribution in [0.5, 0.6) is 23.3 Å². The number of pyridine rings is 1. The highest BCUT2D eigenvalue weighted by Crippen LogP contribution is 2.34. The van der Waals surface area contributed by atoms with Crippen molar-refractivity contribution >= 4 is 60.7 Å². The highest BCUT2D eigenvalue weighted by atomic mass is 32.1. The number of aryl methyl sites for hydroxylation is 1. The average molecular weight is 849 g/mol. The minimum Gasteiger partial charge on any atom is -0.437 e. The SMILES string of the molecule is Cc1cc(-c2ncc(CC(=O)N3CC=C(c4nccnc4Oc4ccc(C(=O)c5nc6ccccc6[nH]5)cc4)CC3)nc2Oc2ccc(Nc3nc4ccccc4s3)cc2)ccn1. The van der Waals surface area contributed by atoms with Gasteiger partial charge >= 0.3 is 0 Å². The van der Waals surface area contributed by atoms with Gasteiger partial charge in [0.15, 0.2) is 11.0 Å². The van der Waals surface area contributed by atoms with Crippen LogP contribution in [0.4, 0.5) is 10.8 Å². The van der Waals surface area contributed by atoms with Crippen molar-refractivity contribution in [3.8, 4) is 34.5 Å². The average Bonchev–Trinajstić information content (AvgIpc) is 3.94. The van der Waals surface area contributed by atoms with Gasteiger partial charge in [-0.15, -0.1) is 0 Å². The molecule has 308 valence electrons. The highest BCUT2D eigenvalue weighted by molar-refractivity contribution is 7.22. The summed E-state index contributed by atoms with van der Waals surface area (Å²) in [5.41, 5.74) is 7.92. The largest absolute Gasteiger partial charge is 0.437 e. The summed E-state index contributed by atoms with van der Waals surface area (Å²) < 4.78 is 13.7. The summed E-state index contributed by atoms with van der Waals surface area (Å²) in [4.78, 5) is 63.8. The number of ether oxygens (including phenoxy) is 2. The van der Waals surface area contributed by atoms with Crippen molar-refractivity contribution in [3.63, 3.8) is 0 Å². The lowest BCUT2D eigenvalue weighted by atomic mass is 10.0. The van der Waals surface area contributed by atoms with Crippen LogP contribution in [0.1, 0.15) is 39.7 Å². The molecule has 0 radical (unpaired) electrons. The number of amides is 1. The molecule has 14 nitrogen and oxygen atoms in total. The topological polar surface area (TPSA) is 174 Å². The zero-order valence-corrected chi connectivity index (χ0v) is 34.5. The quantitative estimate of drug-likeness (QED) is 0.112. The Labute approximate surface area is 364 Å². The third kappa shape index (κ3) is 8.58. The first-order valence-electron chi connectivity index (χ1n) is 20.1. The van der Waals surface area contributed by atoms with Gasteiger partial charge in [-0.05, 0) is 104 Å². The van der Waals surface area contributed by atoms with Crippen molar-refractivity contribution in [1.82, 2.24) is 44.8 Å². The van der Waals surface area contributed by atoms with Gasteiger partial charge < -0.3 is 24.7 Å². The molecule has 0 fully saturated rings. The van der Waals surface area contributed by atoms with E-state index in [1.165, 1.54) is 0 Å². The van der Waals surface area contributed by atoms with E-state index in [1.807, 2.05) is 97.9 Å². The van der Waals surface area contributed by atoms with E-state index in [0.29, 0.717) is 59.5 Å². The van der Waals surface area contributed by atoms with Gasteiger partial charge in [-0.2, -0.15) is 0 Å². The van der Waals surface area contributed by atoms with Crippen LogP contribution in [0.25, 0.3) is 38.1 Å². The van der Waals surface area contributed by atoms with Gasteiger partial charge in [0.05, 0.1) is 33.4 Å². The molecule has 0 unspecified atom stereocenters. The summed E-state index contributed by atoms with van der Waals surface area (Å²) in [5, 5.41) is 4.17. The van der Waals surface area contributed by atoms with E-state index >= 15 is 0 Å². The minimum absolute atomic E-state index is 0.0293. The van der Waals surface area contributed by atoms with Gasteiger partial charge in [-0.3, -0.25) is 14.6 Å². The molecule has 0 saturated carbocycles. The zero-order valence-electron chi connectivity index (χ0n) is 33.7. The molecule has 0 spiro atoms. The number of thiazole rings is 1. The summed E-state index contributed by atoms with van der Waals surface area (Å²) in [7, 11) is 0. The molecule has 15 heteroatoms. The van der Waals surface area contributed by atoms with Crippen molar-refractivity contribution in [2.45, 2.75) is 19.8 Å². The van der Waals surface area contributed by atoms with Crippen molar-refractivity contribution in [2.75, 3.05) is 18.4 Å². The fourth-order valence-corrected chi connectivity index (χ4v) is 8.09. The van der Waals surface area contributed by atoms with Gasteiger partial charge in [-0.25, -0.2) is 29.9 Å². The lowest BCUT2D eigenvalue weighted by molar-refractivity contribution is -0.130. The number of nitrogens with one attached hydrogen (secondary N) is 2. The molecule has 1 aliphatic heterocycles. The first-order chi connectivity index (χ1) is 30.9. The summed E-state index contributed by atoms with van der Waals surface area (Å²) in [5.74, 6) is 1.60. The third-order valence-corrected chi connectivity index (χ3v) is 11.3. The zero-order chi connectivity index (χ0) is 42.7. The van der Waals surface area contributed by atoms with E-state index < -0.39 is 0 Å². The lowest BCUT2D eigenvalue weighted by Crippen LogP contribution is -2.36. The Balaban J connectivity index is 0.808. The van der Waals surface area contributed by atoms with Crippen LogP contribution in [0.3, 0.4) is 0 Å². The van der Waals surface area contributed by atoms with E-state index in [-0.39, 0.29) is 29.8 Å². The van der Waals surface area contributed by atoms with Crippen LogP contribution in [0.15, 0.2) is 140 Å². The summed E-state index contributed by atoms with van der Waals surface area (Å²) in [6.07, 6.45) is 9.05. The van der Waals surface area contributed by atoms with Crippen LogP contribution in [0.2, 0.25) is 0 Å². The number of imidazole rings is 1. The highest BCUT2D eigenvalue weighted by Gasteiger charge is 2.23. The number of benzene rings is 4. The number of H-pyrrole nitrogens is 1. The fourth-order valence-electron chi connectivity index (χ4n) is 7.20. The first kappa shape index (κ1) is 39.0. The molecule has 0 saturated heterocycles. The van der Waals surface area contributed by atoms with E-state index in [0.717, 1.165) is 48.9 Å². The smallest absolute Gasteiger partial charge is 0.246 e. The lowest BCUT2D eigenvalue weighted by Gasteiger charge is -2.26. The summed E-state index contributed by atoms with van der Waals surface area (Å²) in [6.45, 7) is 2.74. The fraction of sp³-hybridized carbons (Fsp3) is 0.104. The predicted molar refractivity (Wildman–Crippen MR) is 240 cm³/mol. The van der Waals surface area contributed by atoms with Crippen LogP contribution in [0, 0.1) is 6.92 Å². The van der Waals surface area contributed by atoms with Crippen molar-refractivity contribution in [3.05, 3.63) is 169 Å². The number of nitrogens with zero attached hydrogens (tertiary/aromatic N) is 8. The molecular formula is C48H36N10O4S. The second-order valence-electron chi connectivity index (χ2n) is 14.7. The van der Waals surface area contributed by atoms with E-state index in [1.54, 1.807) is 65.3 Å². The molecule has 6 heterocycles. The molecule has 0 aliphatic carbocycles. The summed E-state index contributed by atoms with van der Waals surface area (Å²) >= 11 is 1.59. The number of aromatic amines is 1. The maximum absolute atomic E-state index is 13.7. The number of ketones is 1. The molecule has 4 aromatic carbocycles. The predicted octanol–water partition coefficient (Wildman–Crippen LogP) is 9.54. The van der Waals surface area contributed by atoms with Gasteiger partial charge in [0.25, 0.3) is 0 Å². The number of fused-ring (bicyclic) bond motifs is 2. The second kappa shape index (κ2) is 17.1. The standard InChI is InChI=1S/C48H36N10O4S/c1-29-26-32(18-21-49-29)43-47(62-36-16-12-33(13-17-36)54-48-57-39-8-4-5-9-40(39)63-48)53-34(28-52-43)27-41(59)58-24-19-30(20-25-58)42-46(51-23-22-50-42)61-35-14-10-31(11-15-35)44(60)45-55-37-6-2-3-7-38(37)56-45/h2-19,21-23,26,28H,20,24-25,27H2,1H3,(H,54,57)(H,55,56). The van der Waals surface area contributed by atoms with Gasteiger partial charge in [0.2, 0.25) is 23.5 Å². The molecule has 9 aromatic rings. The van der Waals surface area contributed by atoms with Crippen molar-refractivity contribution < 1.29 is 19.1 Å². The normalized spacial score (nSPS) is 12.6. The molecule has 0 atom stereocenters. The number of anilines is 2. The van der Waals surface area contributed by atoms with Gasteiger partial charge in [0, 0.05) is 60.4 Å². The van der Waals surface area contributed by atoms with Crippen LogP contribution in [-0.4, -0.2) is 69.6 Å². The molecule has 5 aromatic heterocycles. The Morgan fingerprint density at radius 2 is 1.52 bits per heavy atom. The molecule has 10 rings (SSSR count). The molecule has 1 amide bonds. The molecule has 2 N–H and O–H groups in total. The number of hydrogen-bond donors (Lipinski definition) is 2. The monoisotopic (exact) mass is 848 g/mol. The van der Waals surface area contributed by atoms with Crippen molar-refractivity contribution in [2.24, 2.45) is 0 Å². The first-order valence-corrected chi connectivity index (χ1v) is 21.0. The Morgan fingerprint density at radius 3 is 2.30 bits per heavy atom. The maximum atomic E-state index is 13.7. The second-order valence-corrected chi connectivity index (χ2v) is 15.7. The molecule has 0 bridgehead atoms. The van der Waals surface area contributed by atoms with E-state index in [9.17, 15) is 9.59 Å². The minimum atomic E-state index is -0.223. The number of carbonyl (C=O) groups is 2. The van der Waals surface area contributed by atoms with Crippen molar-refractivity contribution in [1.29, 1.82) is 0 Å². The molecule has 63 heavy (non-hydrogen) atoms. The number of carbonyl (C=O) groups excluding carboxylic acids is 2. The third-order valence-electron chi connectivity index (χ3n) is 10.4. The van der Waals surface area contributed by atoms with Gasteiger partial charge in [-0.1, -0.05) is 41.7 Å². The molecular weight excluding hydrogens is 813 g/mol. The maximum Gasteiger partial charge on any atom is 0.246 e. The summed E-state index contributed by atoms with van der Waals surface area (Å²) in [6, 6.07) is 33.6. The van der Waals surface area contributed by atoms with Crippen LogP contribution < -0.4 is 14.8 Å². The Morgan fingerprint density at radius 1 is 0.762 bits per heavy atom. The molecule has 1 aliphatic rings.